The molecule has 1 fully saturated rings. The second-order valence-electron chi connectivity index (χ2n) is 6.03. The van der Waals surface area contributed by atoms with Gasteiger partial charge in [-0.2, -0.15) is 0 Å². The second-order valence-corrected chi connectivity index (χ2v) is 6.39. The van der Waals surface area contributed by atoms with Gasteiger partial charge in [-0.1, -0.05) is 17.5 Å². The third kappa shape index (κ3) is 4.01. The molecule has 1 aliphatic rings. The van der Waals surface area contributed by atoms with E-state index in [1.807, 2.05) is 20.8 Å². The van der Waals surface area contributed by atoms with Crippen molar-refractivity contribution in [2.45, 2.75) is 45.3 Å². The minimum absolute atomic E-state index is 0.176. The zero-order valence-electron chi connectivity index (χ0n) is 12.9. The van der Waals surface area contributed by atoms with Crippen LogP contribution in [0.25, 0.3) is 0 Å². The number of halogens is 1. The van der Waals surface area contributed by atoms with Crippen LogP contribution in [0.3, 0.4) is 0 Å². The fraction of sp³-hybridized carbons (Fsp3) is 0.533. The van der Waals surface area contributed by atoms with Crippen LogP contribution in [0.2, 0.25) is 5.15 Å². The molecular formula is C15H19ClN4O2. The standard InChI is InChI=1S/C15H19ClN4O2/c1-15(2,3)22-14(21)20-8-4-5-10(20)6-7-11-12(17)13(16)19-9-18-11/h9-10H,4-5,8,17H2,1-3H3/t10-/m0/s1. The molecule has 7 heteroatoms. The zero-order chi connectivity index (χ0) is 16.3. The molecule has 22 heavy (non-hydrogen) atoms. The maximum absolute atomic E-state index is 12.2. The van der Waals surface area contributed by atoms with Crippen molar-refractivity contribution in [3.63, 3.8) is 0 Å². The van der Waals surface area contributed by atoms with Crippen LogP contribution >= 0.6 is 11.6 Å². The topological polar surface area (TPSA) is 81.3 Å². The molecular weight excluding hydrogens is 304 g/mol. The normalized spacial score (nSPS) is 17.8. The van der Waals surface area contributed by atoms with Crippen molar-refractivity contribution in [3.05, 3.63) is 17.2 Å². The summed E-state index contributed by atoms with van der Waals surface area (Å²) >= 11 is 5.83. The van der Waals surface area contributed by atoms with E-state index in [0.29, 0.717) is 12.2 Å². The van der Waals surface area contributed by atoms with Crippen LogP contribution in [0.15, 0.2) is 6.33 Å². The van der Waals surface area contributed by atoms with Gasteiger partial charge in [-0.15, -0.1) is 0 Å². The number of hydrogen-bond acceptors (Lipinski definition) is 5. The fourth-order valence-electron chi connectivity index (χ4n) is 2.08. The summed E-state index contributed by atoms with van der Waals surface area (Å²) in [5, 5.41) is 0.176. The Kier molecular flexibility index (Phi) is 4.77. The van der Waals surface area contributed by atoms with Crippen LogP contribution in [-0.2, 0) is 4.74 Å². The second kappa shape index (κ2) is 6.41. The molecule has 1 atom stereocenters. The number of hydrogen-bond donors (Lipinski definition) is 1. The summed E-state index contributed by atoms with van der Waals surface area (Å²) in [5.41, 5.74) is 5.87. The first kappa shape index (κ1) is 16.4. The molecule has 118 valence electrons. The van der Waals surface area contributed by atoms with Gasteiger partial charge in [-0.25, -0.2) is 14.8 Å². The summed E-state index contributed by atoms with van der Waals surface area (Å²) < 4.78 is 5.39. The third-order valence-electron chi connectivity index (χ3n) is 3.07. The van der Waals surface area contributed by atoms with Gasteiger partial charge in [0, 0.05) is 6.54 Å². The van der Waals surface area contributed by atoms with E-state index >= 15 is 0 Å². The van der Waals surface area contributed by atoms with Crippen LogP contribution in [0.1, 0.15) is 39.3 Å². The van der Waals surface area contributed by atoms with Gasteiger partial charge in [0.1, 0.15) is 23.3 Å². The highest BCUT2D eigenvalue weighted by molar-refractivity contribution is 6.31. The van der Waals surface area contributed by atoms with E-state index in [2.05, 4.69) is 21.8 Å². The van der Waals surface area contributed by atoms with E-state index < -0.39 is 5.60 Å². The Morgan fingerprint density at radius 2 is 2.23 bits per heavy atom. The Bertz CT molecular complexity index is 631. The summed E-state index contributed by atoms with van der Waals surface area (Å²) in [6.07, 6.45) is 2.64. The monoisotopic (exact) mass is 322 g/mol. The van der Waals surface area contributed by atoms with Crippen molar-refractivity contribution >= 4 is 23.4 Å². The number of nitrogens with two attached hydrogens (primary N) is 1. The number of likely N-dealkylation sites (tertiary alicyclic amines) is 1. The molecule has 1 saturated heterocycles. The van der Waals surface area contributed by atoms with E-state index in [4.69, 9.17) is 22.1 Å². The highest BCUT2D eigenvalue weighted by atomic mass is 35.5. The molecule has 1 aromatic heterocycles. The minimum atomic E-state index is -0.526. The van der Waals surface area contributed by atoms with Crippen LogP contribution in [-0.4, -0.2) is 39.1 Å². The first-order valence-electron chi connectivity index (χ1n) is 7.05. The lowest BCUT2D eigenvalue weighted by atomic mass is 10.2. The van der Waals surface area contributed by atoms with Crippen molar-refractivity contribution in [1.82, 2.24) is 14.9 Å². The van der Waals surface area contributed by atoms with Crippen LogP contribution in [0.5, 0.6) is 0 Å². The molecule has 2 rings (SSSR count). The third-order valence-corrected chi connectivity index (χ3v) is 3.37. The number of ether oxygens (including phenoxy) is 1. The van der Waals surface area contributed by atoms with Crippen molar-refractivity contribution in [2.75, 3.05) is 12.3 Å². The predicted molar refractivity (Wildman–Crippen MR) is 84.3 cm³/mol. The summed E-state index contributed by atoms with van der Waals surface area (Å²) in [5.74, 6) is 5.91. The van der Waals surface area contributed by atoms with E-state index in [0.717, 1.165) is 12.8 Å². The lowest BCUT2D eigenvalue weighted by molar-refractivity contribution is 0.0261. The number of rotatable bonds is 0. The fourth-order valence-corrected chi connectivity index (χ4v) is 2.21. The molecule has 0 bridgehead atoms. The van der Waals surface area contributed by atoms with Gasteiger partial charge < -0.3 is 10.5 Å². The van der Waals surface area contributed by atoms with Crippen molar-refractivity contribution < 1.29 is 9.53 Å². The Hall–Kier alpha value is -2.00. The Labute approximate surface area is 135 Å². The highest BCUT2D eigenvalue weighted by Crippen LogP contribution is 2.21. The molecule has 0 saturated carbocycles. The van der Waals surface area contributed by atoms with Gasteiger partial charge in [0.2, 0.25) is 0 Å². The first-order chi connectivity index (χ1) is 10.3. The molecule has 1 amide bonds. The molecule has 6 nitrogen and oxygen atoms in total. The largest absolute Gasteiger partial charge is 0.444 e. The number of nitrogen functional groups attached to an aromatic ring is 1. The summed E-state index contributed by atoms with van der Waals surface area (Å²) in [4.78, 5) is 21.6. The van der Waals surface area contributed by atoms with Gasteiger partial charge in [0.25, 0.3) is 0 Å². The lowest BCUT2D eigenvalue weighted by Crippen LogP contribution is -2.39. The Morgan fingerprint density at radius 3 is 2.91 bits per heavy atom. The number of aromatic nitrogens is 2. The van der Waals surface area contributed by atoms with Crippen LogP contribution in [0, 0.1) is 11.8 Å². The van der Waals surface area contributed by atoms with Crippen molar-refractivity contribution in [1.29, 1.82) is 0 Å². The molecule has 0 aromatic carbocycles. The van der Waals surface area contributed by atoms with E-state index in [1.165, 1.54) is 6.33 Å². The summed E-state index contributed by atoms with van der Waals surface area (Å²) in [6, 6.07) is -0.206. The molecule has 1 aliphatic heterocycles. The zero-order valence-corrected chi connectivity index (χ0v) is 13.6. The van der Waals surface area contributed by atoms with Gasteiger partial charge >= 0.3 is 6.09 Å². The first-order valence-corrected chi connectivity index (χ1v) is 7.43. The molecule has 2 N–H and O–H groups in total. The van der Waals surface area contributed by atoms with Gasteiger partial charge in [-0.3, -0.25) is 4.90 Å². The van der Waals surface area contributed by atoms with Gasteiger partial charge in [0.15, 0.2) is 5.15 Å². The van der Waals surface area contributed by atoms with E-state index in [-0.39, 0.29) is 23.0 Å². The average Bonchev–Trinajstić information content (AvgIpc) is 2.87. The Morgan fingerprint density at radius 1 is 1.50 bits per heavy atom. The number of carbonyl (C=O) groups excluding carboxylic acids is 1. The SMILES string of the molecule is CC(C)(C)OC(=O)N1CCC[C@H]1C#Cc1ncnc(Cl)c1N. The summed E-state index contributed by atoms with van der Waals surface area (Å²) in [6.45, 7) is 6.15. The number of amides is 1. The molecule has 0 aliphatic carbocycles. The van der Waals surface area contributed by atoms with E-state index in [9.17, 15) is 4.79 Å². The highest BCUT2D eigenvalue weighted by Gasteiger charge is 2.31. The van der Waals surface area contributed by atoms with E-state index in [1.54, 1.807) is 4.90 Å². The van der Waals surface area contributed by atoms with Crippen molar-refractivity contribution in [3.8, 4) is 11.8 Å². The molecule has 0 spiro atoms. The maximum atomic E-state index is 12.2. The van der Waals surface area contributed by atoms with Crippen LogP contribution in [0.4, 0.5) is 10.5 Å². The van der Waals surface area contributed by atoms with Crippen LogP contribution < -0.4 is 5.73 Å². The number of carbonyl (C=O) groups is 1. The average molecular weight is 323 g/mol. The lowest BCUT2D eigenvalue weighted by Gasteiger charge is -2.26. The minimum Gasteiger partial charge on any atom is -0.444 e. The molecule has 0 radical (unpaired) electrons. The smallest absolute Gasteiger partial charge is 0.411 e. The van der Waals surface area contributed by atoms with Gasteiger partial charge in [0.05, 0.1) is 6.04 Å². The Balaban J connectivity index is 2.14. The number of nitrogens with zero attached hydrogens (tertiary/aromatic N) is 3. The summed E-state index contributed by atoms with van der Waals surface area (Å²) in [7, 11) is 0. The predicted octanol–water partition coefficient (Wildman–Crippen LogP) is 2.46. The number of anilines is 1. The van der Waals surface area contributed by atoms with Gasteiger partial charge in [-0.05, 0) is 39.5 Å². The quantitative estimate of drug-likeness (QED) is 0.586. The van der Waals surface area contributed by atoms with Crippen molar-refractivity contribution in [2.24, 2.45) is 0 Å². The molecule has 2 heterocycles. The molecule has 1 aromatic rings. The maximum Gasteiger partial charge on any atom is 0.411 e. The molecule has 0 unspecified atom stereocenters.